The Morgan fingerprint density at radius 3 is 3.06 bits per heavy atom. The molecule has 0 aromatic carbocycles. The zero-order valence-corrected chi connectivity index (χ0v) is 10.3. The first-order valence-electron chi connectivity index (χ1n) is 6.45. The topological polar surface area (TPSA) is 75.4 Å². The van der Waals surface area contributed by atoms with E-state index in [1.54, 1.807) is 0 Å². The SMILES string of the molecule is CCC(N)C(=O)N1CCC2NC(=O)CCC2C1. The molecule has 3 atom stereocenters. The number of nitrogens with zero attached hydrogens (tertiary/aromatic N) is 1. The maximum atomic E-state index is 12.0. The molecule has 0 radical (unpaired) electrons. The zero-order valence-electron chi connectivity index (χ0n) is 10.3. The number of nitrogens with two attached hydrogens (primary N) is 1. The van der Waals surface area contributed by atoms with Crippen molar-refractivity contribution in [3.8, 4) is 0 Å². The van der Waals surface area contributed by atoms with Gasteiger partial charge in [-0.2, -0.15) is 0 Å². The van der Waals surface area contributed by atoms with Crippen LogP contribution in [0.3, 0.4) is 0 Å². The summed E-state index contributed by atoms with van der Waals surface area (Å²) in [5.74, 6) is 0.619. The Labute approximate surface area is 102 Å². The predicted octanol–water partition coefficient (Wildman–Crippen LogP) is -0.149. The molecule has 5 nitrogen and oxygen atoms in total. The van der Waals surface area contributed by atoms with Crippen LogP contribution >= 0.6 is 0 Å². The van der Waals surface area contributed by atoms with Crippen LogP contribution in [0.4, 0.5) is 0 Å². The van der Waals surface area contributed by atoms with Gasteiger partial charge in [-0.15, -0.1) is 0 Å². The van der Waals surface area contributed by atoms with Crippen LogP contribution in [0.2, 0.25) is 0 Å². The Morgan fingerprint density at radius 1 is 1.59 bits per heavy atom. The van der Waals surface area contributed by atoms with E-state index < -0.39 is 0 Å². The minimum atomic E-state index is -0.371. The highest BCUT2D eigenvalue weighted by atomic mass is 16.2. The van der Waals surface area contributed by atoms with Gasteiger partial charge in [-0.3, -0.25) is 9.59 Å². The fourth-order valence-electron chi connectivity index (χ4n) is 2.72. The molecular formula is C12H21N3O2. The molecule has 0 spiro atoms. The van der Waals surface area contributed by atoms with E-state index in [1.807, 2.05) is 11.8 Å². The van der Waals surface area contributed by atoms with Crippen molar-refractivity contribution in [2.45, 2.75) is 44.7 Å². The summed E-state index contributed by atoms with van der Waals surface area (Å²) < 4.78 is 0. The van der Waals surface area contributed by atoms with E-state index in [4.69, 9.17) is 5.73 Å². The third kappa shape index (κ3) is 2.60. The molecule has 0 aromatic heterocycles. The molecule has 5 heteroatoms. The van der Waals surface area contributed by atoms with Gasteiger partial charge in [0, 0.05) is 25.6 Å². The molecule has 0 saturated carbocycles. The number of carbonyl (C=O) groups excluding carboxylic acids is 2. The predicted molar refractivity (Wildman–Crippen MR) is 64.1 cm³/mol. The average molecular weight is 239 g/mol. The van der Waals surface area contributed by atoms with Crippen LogP contribution in [0.5, 0.6) is 0 Å². The Balaban J connectivity index is 1.94. The lowest BCUT2D eigenvalue weighted by atomic mass is 9.85. The van der Waals surface area contributed by atoms with Crippen LogP contribution in [0.1, 0.15) is 32.6 Å². The molecule has 2 fully saturated rings. The number of hydrogen-bond donors (Lipinski definition) is 2. The van der Waals surface area contributed by atoms with Gasteiger partial charge >= 0.3 is 0 Å². The monoisotopic (exact) mass is 239 g/mol. The molecule has 3 unspecified atom stereocenters. The highest BCUT2D eigenvalue weighted by molar-refractivity contribution is 5.82. The molecule has 0 aromatic rings. The summed E-state index contributed by atoms with van der Waals surface area (Å²) in [5.41, 5.74) is 5.78. The van der Waals surface area contributed by atoms with Gasteiger partial charge in [0.15, 0.2) is 0 Å². The number of hydrogen-bond acceptors (Lipinski definition) is 3. The molecule has 2 saturated heterocycles. The average Bonchev–Trinajstić information content (AvgIpc) is 2.36. The molecule has 2 heterocycles. The lowest BCUT2D eigenvalue weighted by Gasteiger charge is -2.42. The Bertz CT molecular complexity index is 319. The Kier molecular flexibility index (Phi) is 3.66. The van der Waals surface area contributed by atoms with Crippen LogP contribution in [-0.4, -0.2) is 41.9 Å². The standard InChI is InChI=1S/C12H21N3O2/c1-2-9(13)12(17)15-6-5-10-8(7-15)3-4-11(16)14-10/h8-10H,2-7,13H2,1H3,(H,14,16). The quantitative estimate of drug-likeness (QED) is 0.703. The summed E-state index contributed by atoms with van der Waals surface area (Å²) >= 11 is 0. The fourth-order valence-corrected chi connectivity index (χ4v) is 2.72. The second-order valence-electron chi connectivity index (χ2n) is 5.06. The molecule has 2 amide bonds. The van der Waals surface area contributed by atoms with Crippen LogP contribution in [0.15, 0.2) is 0 Å². The second-order valence-corrected chi connectivity index (χ2v) is 5.06. The van der Waals surface area contributed by atoms with Crippen molar-refractivity contribution in [3.05, 3.63) is 0 Å². The van der Waals surface area contributed by atoms with E-state index >= 15 is 0 Å². The van der Waals surface area contributed by atoms with E-state index in [0.717, 1.165) is 19.4 Å². The van der Waals surface area contributed by atoms with E-state index in [-0.39, 0.29) is 23.9 Å². The normalized spacial score (nSPS) is 30.5. The van der Waals surface area contributed by atoms with Crippen molar-refractivity contribution < 1.29 is 9.59 Å². The molecule has 3 N–H and O–H groups in total. The summed E-state index contributed by atoms with van der Waals surface area (Å²) in [6, 6.07) is -0.108. The van der Waals surface area contributed by atoms with Gasteiger partial charge in [-0.1, -0.05) is 6.92 Å². The number of likely N-dealkylation sites (tertiary alicyclic amines) is 1. The van der Waals surface area contributed by atoms with Crippen LogP contribution in [0, 0.1) is 5.92 Å². The molecule has 0 aliphatic carbocycles. The molecular weight excluding hydrogens is 218 g/mol. The van der Waals surface area contributed by atoms with E-state index in [1.165, 1.54) is 0 Å². The zero-order chi connectivity index (χ0) is 12.4. The van der Waals surface area contributed by atoms with E-state index in [2.05, 4.69) is 5.32 Å². The minimum Gasteiger partial charge on any atom is -0.353 e. The second kappa shape index (κ2) is 5.04. The van der Waals surface area contributed by atoms with Crippen LogP contribution in [0.25, 0.3) is 0 Å². The number of fused-ring (bicyclic) bond motifs is 1. The van der Waals surface area contributed by atoms with Crippen molar-refractivity contribution in [1.29, 1.82) is 0 Å². The number of rotatable bonds is 2. The van der Waals surface area contributed by atoms with Gasteiger partial charge in [-0.25, -0.2) is 0 Å². The van der Waals surface area contributed by atoms with Crippen molar-refractivity contribution in [2.24, 2.45) is 11.7 Å². The van der Waals surface area contributed by atoms with Crippen LogP contribution < -0.4 is 11.1 Å². The Hall–Kier alpha value is -1.10. The van der Waals surface area contributed by atoms with Crippen molar-refractivity contribution in [1.82, 2.24) is 10.2 Å². The third-order valence-corrected chi connectivity index (χ3v) is 3.89. The summed E-state index contributed by atoms with van der Waals surface area (Å²) in [7, 11) is 0. The molecule has 17 heavy (non-hydrogen) atoms. The van der Waals surface area contributed by atoms with Gasteiger partial charge in [0.1, 0.15) is 0 Å². The fraction of sp³-hybridized carbons (Fsp3) is 0.833. The third-order valence-electron chi connectivity index (χ3n) is 3.89. The summed E-state index contributed by atoms with van der Waals surface area (Å²) in [4.78, 5) is 25.1. The molecule has 2 aliphatic rings. The van der Waals surface area contributed by atoms with Gasteiger partial charge in [-0.05, 0) is 25.2 Å². The van der Waals surface area contributed by atoms with E-state index in [9.17, 15) is 9.59 Å². The largest absolute Gasteiger partial charge is 0.353 e. The number of amides is 2. The number of carbonyl (C=O) groups is 2. The summed E-state index contributed by atoms with van der Waals surface area (Å²) in [6.07, 6.45) is 3.02. The summed E-state index contributed by atoms with van der Waals surface area (Å²) in [5, 5.41) is 3.01. The highest BCUT2D eigenvalue weighted by Crippen LogP contribution is 2.25. The van der Waals surface area contributed by atoms with Crippen molar-refractivity contribution >= 4 is 11.8 Å². The maximum Gasteiger partial charge on any atom is 0.239 e. The Morgan fingerprint density at radius 2 is 2.35 bits per heavy atom. The first-order chi connectivity index (χ1) is 8.11. The molecule has 96 valence electrons. The van der Waals surface area contributed by atoms with Gasteiger partial charge < -0.3 is 16.0 Å². The number of nitrogens with one attached hydrogen (secondary N) is 1. The molecule has 0 bridgehead atoms. The lowest BCUT2D eigenvalue weighted by molar-refractivity contribution is -0.136. The minimum absolute atomic E-state index is 0.0582. The van der Waals surface area contributed by atoms with Crippen molar-refractivity contribution in [2.75, 3.05) is 13.1 Å². The smallest absolute Gasteiger partial charge is 0.239 e. The first-order valence-corrected chi connectivity index (χ1v) is 6.45. The number of piperidine rings is 2. The van der Waals surface area contributed by atoms with Crippen LogP contribution in [-0.2, 0) is 9.59 Å². The lowest BCUT2D eigenvalue weighted by Crippen LogP contribution is -2.57. The van der Waals surface area contributed by atoms with Gasteiger partial charge in [0.2, 0.25) is 11.8 Å². The first kappa shape index (κ1) is 12.4. The molecule has 2 aliphatic heterocycles. The van der Waals surface area contributed by atoms with Crippen molar-refractivity contribution in [3.63, 3.8) is 0 Å². The highest BCUT2D eigenvalue weighted by Gasteiger charge is 2.35. The summed E-state index contributed by atoms with van der Waals surface area (Å²) in [6.45, 7) is 3.39. The maximum absolute atomic E-state index is 12.0. The van der Waals surface area contributed by atoms with E-state index in [0.29, 0.717) is 25.3 Å². The van der Waals surface area contributed by atoms with Gasteiger partial charge in [0.25, 0.3) is 0 Å². The van der Waals surface area contributed by atoms with Gasteiger partial charge in [0.05, 0.1) is 6.04 Å². The molecule has 2 rings (SSSR count).